The molecule has 0 bridgehead atoms. The van der Waals surface area contributed by atoms with Crippen LogP contribution in [0, 0.1) is 0 Å². The van der Waals surface area contributed by atoms with E-state index in [1.54, 1.807) is 24.3 Å². The summed E-state index contributed by atoms with van der Waals surface area (Å²) < 4.78 is 11.8. The molecule has 4 nitrogen and oxygen atoms in total. The van der Waals surface area contributed by atoms with Crippen LogP contribution in [0.25, 0.3) is 0 Å². The van der Waals surface area contributed by atoms with Crippen molar-refractivity contribution >= 4 is 45.3 Å². The molecule has 0 fully saturated rings. The predicted molar refractivity (Wildman–Crippen MR) is 90.9 cm³/mol. The first-order valence-corrected chi connectivity index (χ1v) is 7.71. The van der Waals surface area contributed by atoms with E-state index in [2.05, 4.69) is 21.1 Å². The van der Waals surface area contributed by atoms with Gasteiger partial charge in [0.05, 0.1) is 27.8 Å². The second kappa shape index (κ2) is 7.72. The lowest BCUT2D eigenvalue weighted by Crippen LogP contribution is -1.99. The summed E-state index contributed by atoms with van der Waals surface area (Å²) in [5.41, 5.74) is 1.55. The second-order valence-corrected chi connectivity index (χ2v) is 5.98. The molecule has 0 unspecified atom stereocenters. The van der Waals surface area contributed by atoms with E-state index >= 15 is 0 Å². The molecule has 0 spiro atoms. The van der Waals surface area contributed by atoms with E-state index in [-0.39, 0.29) is 0 Å². The summed E-state index contributed by atoms with van der Waals surface area (Å²) in [6.07, 6.45) is 1.30. The molecule has 0 heterocycles. The van der Waals surface area contributed by atoms with Gasteiger partial charge >= 0.3 is 0 Å². The average Bonchev–Trinajstić information content (AvgIpc) is 2.49. The lowest BCUT2D eigenvalue weighted by Gasteiger charge is -2.13. The SMILES string of the molecule is COc1cc(/C=N\O)cc(Br)c1OCc1ccc(Cl)c(Cl)c1. The number of hydrogen-bond acceptors (Lipinski definition) is 4. The normalized spacial score (nSPS) is 10.9. The van der Waals surface area contributed by atoms with Crippen LogP contribution in [-0.4, -0.2) is 18.5 Å². The summed E-state index contributed by atoms with van der Waals surface area (Å²) in [6.45, 7) is 0.305. The fraction of sp³-hybridized carbons (Fsp3) is 0.133. The number of methoxy groups -OCH3 is 1. The summed E-state index contributed by atoms with van der Waals surface area (Å²) in [4.78, 5) is 0. The van der Waals surface area contributed by atoms with Gasteiger partial charge in [0, 0.05) is 5.56 Å². The van der Waals surface area contributed by atoms with E-state index < -0.39 is 0 Å². The third-order valence-corrected chi connectivity index (χ3v) is 4.15. The predicted octanol–water partition coefficient (Wildman–Crippen LogP) is 5.15. The molecule has 1 N–H and O–H groups in total. The molecule has 22 heavy (non-hydrogen) atoms. The number of ether oxygens (including phenoxy) is 2. The van der Waals surface area contributed by atoms with Crippen LogP contribution < -0.4 is 9.47 Å². The average molecular weight is 405 g/mol. The lowest BCUT2D eigenvalue weighted by atomic mass is 10.2. The maximum absolute atomic E-state index is 8.60. The van der Waals surface area contributed by atoms with Crippen LogP contribution in [-0.2, 0) is 6.61 Å². The van der Waals surface area contributed by atoms with E-state index in [0.29, 0.717) is 38.2 Å². The largest absolute Gasteiger partial charge is 0.493 e. The first kappa shape index (κ1) is 16.9. The Bertz CT molecular complexity index is 707. The highest BCUT2D eigenvalue weighted by Gasteiger charge is 2.12. The fourth-order valence-corrected chi connectivity index (χ4v) is 2.70. The van der Waals surface area contributed by atoms with Gasteiger partial charge in [-0.3, -0.25) is 0 Å². The van der Waals surface area contributed by atoms with Gasteiger partial charge in [-0.25, -0.2) is 0 Å². The number of hydrogen-bond donors (Lipinski definition) is 1. The zero-order valence-corrected chi connectivity index (χ0v) is 14.6. The van der Waals surface area contributed by atoms with Crippen LogP contribution in [0.4, 0.5) is 0 Å². The Kier molecular flexibility index (Phi) is 5.94. The molecule has 0 aliphatic carbocycles. The molecule has 0 atom stereocenters. The Morgan fingerprint density at radius 3 is 2.64 bits per heavy atom. The Morgan fingerprint density at radius 1 is 1.23 bits per heavy atom. The molecule has 7 heteroatoms. The van der Waals surface area contributed by atoms with Crippen molar-refractivity contribution in [2.75, 3.05) is 7.11 Å². The monoisotopic (exact) mass is 403 g/mol. The minimum Gasteiger partial charge on any atom is -0.493 e. The molecular formula is C15H12BrCl2NO3. The summed E-state index contributed by atoms with van der Waals surface area (Å²) in [7, 11) is 1.54. The zero-order valence-electron chi connectivity index (χ0n) is 11.5. The molecule has 2 aromatic rings. The molecule has 0 saturated carbocycles. The highest BCUT2D eigenvalue weighted by Crippen LogP contribution is 2.37. The van der Waals surface area contributed by atoms with Crippen molar-refractivity contribution in [3.05, 3.63) is 56.0 Å². The maximum Gasteiger partial charge on any atom is 0.175 e. The van der Waals surface area contributed by atoms with Gasteiger partial charge in [-0.2, -0.15) is 0 Å². The highest BCUT2D eigenvalue weighted by atomic mass is 79.9. The molecule has 0 amide bonds. The van der Waals surface area contributed by atoms with Crippen molar-refractivity contribution in [3.8, 4) is 11.5 Å². The summed E-state index contributed by atoms with van der Waals surface area (Å²) in [5.74, 6) is 1.06. The van der Waals surface area contributed by atoms with Crippen LogP contribution in [0.5, 0.6) is 11.5 Å². The van der Waals surface area contributed by atoms with Crippen molar-refractivity contribution < 1.29 is 14.7 Å². The van der Waals surface area contributed by atoms with Crippen molar-refractivity contribution in [1.29, 1.82) is 0 Å². The van der Waals surface area contributed by atoms with Crippen LogP contribution in [0.3, 0.4) is 0 Å². The van der Waals surface area contributed by atoms with E-state index in [0.717, 1.165) is 5.56 Å². The first-order chi connectivity index (χ1) is 10.5. The number of nitrogens with zero attached hydrogens (tertiary/aromatic N) is 1. The number of benzene rings is 2. The molecular weight excluding hydrogens is 393 g/mol. The van der Waals surface area contributed by atoms with Gasteiger partial charge in [-0.15, -0.1) is 0 Å². The van der Waals surface area contributed by atoms with E-state index in [1.165, 1.54) is 13.3 Å². The maximum atomic E-state index is 8.60. The molecule has 0 radical (unpaired) electrons. The molecule has 0 aromatic heterocycles. The quantitative estimate of drug-likeness (QED) is 0.425. The fourth-order valence-electron chi connectivity index (χ4n) is 1.81. The van der Waals surface area contributed by atoms with Crippen molar-refractivity contribution in [3.63, 3.8) is 0 Å². The van der Waals surface area contributed by atoms with Gasteiger partial charge in [0.1, 0.15) is 6.61 Å². The molecule has 2 aromatic carbocycles. The van der Waals surface area contributed by atoms with Gasteiger partial charge in [0.15, 0.2) is 11.5 Å². The van der Waals surface area contributed by atoms with Crippen LogP contribution in [0.15, 0.2) is 40.0 Å². The van der Waals surface area contributed by atoms with Crippen molar-refractivity contribution in [2.45, 2.75) is 6.61 Å². The van der Waals surface area contributed by atoms with Crippen molar-refractivity contribution in [2.24, 2.45) is 5.16 Å². The summed E-state index contributed by atoms with van der Waals surface area (Å²) in [5, 5.41) is 12.6. The molecule has 116 valence electrons. The van der Waals surface area contributed by atoms with Gasteiger partial charge in [0.25, 0.3) is 0 Å². The van der Waals surface area contributed by atoms with Crippen molar-refractivity contribution in [1.82, 2.24) is 0 Å². The topological polar surface area (TPSA) is 51.0 Å². The molecule has 0 aliphatic rings. The van der Waals surface area contributed by atoms with E-state index in [4.69, 9.17) is 37.9 Å². The lowest BCUT2D eigenvalue weighted by molar-refractivity contribution is 0.282. The van der Waals surface area contributed by atoms with Gasteiger partial charge < -0.3 is 14.7 Å². The summed E-state index contributed by atoms with van der Waals surface area (Å²) >= 11 is 15.3. The third kappa shape index (κ3) is 4.06. The zero-order chi connectivity index (χ0) is 16.1. The van der Waals surface area contributed by atoms with E-state index in [9.17, 15) is 0 Å². The Balaban J connectivity index is 2.23. The Morgan fingerprint density at radius 2 is 2.00 bits per heavy atom. The van der Waals surface area contributed by atoms with E-state index in [1.807, 2.05) is 6.07 Å². The van der Waals surface area contributed by atoms with Crippen LogP contribution in [0.2, 0.25) is 10.0 Å². The minimum absolute atomic E-state index is 0.305. The smallest absolute Gasteiger partial charge is 0.175 e. The first-order valence-electron chi connectivity index (χ1n) is 6.17. The number of halogens is 3. The molecule has 2 rings (SSSR count). The van der Waals surface area contributed by atoms with Crippen LogP contribution >= 0.6 is 39.1 Å². The minimum atomic E-state index is 0.305. The Labute approximate surface area is 146 Å². The molecule has 0 aliphatic heterocycles. The standard InChI is InChI=1S/C15H12BrCl2NO3/c1-21-14-6-10(7-19-20)4-11(16)15(14)22-8-9-2-3-12(17)13(18)5-9/h2-7,20H,8H2,1H3/b19-7-. The second-order valence-electron chi connectivity index (χ2n) is 4.32. The van der Waals surface area contributed by atoms with Crippen LogP contribution in [0.1, 0.15) is 11.1 Å². The van der Waals surface area contributed by atoms with Gasteiger partial charge in [0.2, 0.25) is 0 Å². The Hall–Kier alpha value is -1.43. The highest BCUT2D eigenvalue weighted by molar-refractivity contribution is 9.10. The van der Waals surface area contributed by atoms with Gasteiger partial charge in [-0.1, -0.05) is 34.4 Å². The number of rotatable bonds is 5. The summed E-state index contributed by atoms with van der Waals surface area (Å²) in [6, 6.07) is 8.76. The number of oxime groups is 1. The third-order valence-electron chi connectivity index (χ3n) is 2.83. The molecule has 0 saturated heterocycles. The van der Waals surface area contributed by atoms with Gasteiger partial charge in [-0.05, 0) is 45.8 Å².